The summed E-state index contributed by atoms with van der Waals surface area (Å²) >= 11 is 0. The topological polar surface area (TPSA) is 95.5 Å². The molecule has 1 aliphatic heterocycles. The Hall–Kier alpha value is -2.68. The van der Waals surface area contributed by atoms with Crippen molar-refractivity contribution in [2.75, 3.05) is 10.0 Å². The third-order valence-corrected chi connectivity index (χ3v) is 6.36. The molecule has 0 aromatic heterocycles. The maximum Gasteiger partial charge on any atom is 0.264 e. The van der Waals surface area contributed by atoms with Gasteiger partial charge in [0.1, 0.15) is 22.3 Å². The molecule has 0 saturated heterocycles. The SMILES string of the molecule is O=C1Nc2c(O)cc(NS(=O)(=O)c3ccc(F)cc3F)cc2C12CCC2. The molecule has 0 unspecified atom stereocenters. The minimum absolute atomic E-state index is 0.00671. The largest absolute Gasteiger partial charge is 0.506 e. The van der Waals surface area contributed by atoms with Crippen LogP contribution in [0.4, 0.5) is 20.2 Å². The predicted octanol–water partition coefficient (Wildman–Crippen LogP) is 2.85. The van der Waals surface area contributed by atoms with Crippen molar-refractivity contribution < 1.29 is 27.1 Å². The van der Waals surface area contributed by atoms with Crippen molar-refractivity contribution in [3.63, 3.8) is 0 Å². The lowest BCUT2D eigenvalue weighted by atomic mass is 9.65. The number of rotatable bonds is 3. The number of carbonyl (C=O) groups excluding carboxylic acids is 1. The number of sulfonamides is 1. The summed E-state index contributed by atoms with van der Waals surface area (Å²) in [5.41, 5.74) is 0.0273. The number of halogens is 2. The van der Waals surface area contributed by atoms with Crippen molar-refractivity contribution in [1.29, 1.82) is 0 Å². The number of fused-ring (bicyclic) bond motifs is 2. The summed E-state index contributed by atoms with van der Waals surface area (Å²) < 4.78 is 53.8. The van der Waals surface area contributed by atoms with Gasteiger partial charge in [-0.1, -0.05) is 6.42 Å². The zero-order valence-electron chi connectivity index (χ0n) is 13.3. The molecule has 1 amide bonds. The Morgan fingerprint density at radius 2 is 1.88 bits per heavy atom. The van der Waals surface area contributed by atoms with Crippen LogP contribution in [-0.4, -0.2) is 19.4 Å². The molecule has 2 aromatic carbocycles. The van der Waals surface area contributed by atoms with Crippen LogP contribution in [0, 0.1) is 11.6 Å². The second kappa shape index (κ2) is 5.41. The summed E-state index contributed by atoms with van der Waals surface area (Å²) in [5.74, 6) is -2.63. The number of benzene rings is 2. The van der Waals surface area contributed by atoms with Crippen molar-refractivity contribution in [2.24, 2.45) is 0 Å². The number of phenolic OH excluding ortho intramolecular Hbond substituents is 1. The van der Waals surface area contributed by atoms with Gasteiger partial charge in [-0.2, -0.15) is 0 Å². The molecule has 4 rings (SSSR count). The Labute approximate surface area is 147 Å². The van der Waals surface area contributed by atoms with Gasteiger partial charge in [-0.05, 0) is 36.6 Å². The fourth-order valence-corrected chi connectivity index (χ4v) is 4.58. The number of carbonyl (C=O) groups is 1. The summed E-state index contributed by atoms with van der Waals surface area (Å²) in [4.78, 5) is 11.5. The first-order valence-corrected chi connectivity index (χ1v) is 9.38. The Kier molecular flexibility index (Phi) is 3.49. The summed E-state index contributed by atoms with van der Waals surface area (Å²) in [6, 6.07) is 4.73. The van der Waals surface area contributed by atoms with E-state index in [9.17, 15) is 27.1 Å². The summed E-state index contributed by atoms with van der Waals surface area (Å²) in [6.45, 7) is 0. The second-order valence-electron chi connectivity index (χ2n) is 6.49. The van der Waals surface area contributed by atoms with Crippen LogP contribution < -0.4 is 10.0 Å². The monoisotopic (exact) mass is 380 g/mol. The van der Waals surface area contributed by atoms with E-state index in [1.165, 1.54) is 6.07 Å². The standard InChI is InChI=1S/C17H14F2N2O4S/c18-9-2-3-14(12(19)6-9)26(24,25)21-10-7-11-15(13(22)8-10)20-16(23)17(11)4-1-5-17/h2-3,6-8,21-22H,1,4-5H2,(H,20,23). The van der Waals surface area contributed by atoms with E-state index in [0.717, 1.165) is 24.6 Å². The number of amides is 1. The highest BCUT2D eigenvalue weighted by Gasteiger charge is 2.52. The van der Waals surface area contributed by atoms with E-state index in [0.29, 0.717) is 24.5 Å². The van der Waals surface area contributed by atoms with Gasteiger partial charge >= 0.3 is 0 Å². The maximum absolute atomic E-state index is 13.8. The van der Waals surface area contributed by atoms with Gasteiger partial charge in [-0.25, -0.2) is 17.2 Å². The molecule has 1 spiro atoms. The minimum Gasteiger partial charge on any atom is -0.506 e. The lowest BCUT2D eigenvalue weighted by Crippen LogP contribution is -2.40. The molecule has 2 aromatic rings. The molecule has 1 saturated carbocycles. The molecule has 3 N–H and O–H groups in total. The van der Waals surface area contributed by atoms with Gasteiger partial charge in [0.15, 0.2) is 0 Å². The van der Waals surface area contributed by atoms with Gasteiger partial charge in [0.25, 0.3) is 10.0 Å². The van der Waals surface area contributed by atoms with Crippen LogP contribution in [0.3, 0.4) is 0 Å². The van der Waals surface area contributed by atoms with Gasteiger partial charge < -0.3 is 10.4 Å². The van der Waals surface area contributed by atoms with Gasteiger partial charge in [0, 0.05) is 12.1 Å². The zero-order valence-corrected chi connectivity index (χ0v) is 14.2. The second-order valence-corrected chi connectivity index (χ2v) is 8.14. The molecule has 9 heteroatoms. The summed E-state index contributed by atoms with van der Waals surface area (Å²) in [7, 11) is -4.34. The molecule has 1 heterocycles. The Morgan fingerprint density at radius 1 is 1.15 bits per heavy atom. The number of aromatic hydroxyl groups is 1. The summed E-state index contributed by atoms with van der Waals surface area (Å²) in [6.07, 6.45) is 2.06. The van der Waals surface area contributed by atoms with Crippen molar-refractivity contribution >= 4 is 27.3 Å². The van der Waals surface area contributed by atoms with Crippen LogP contribution in [-0.2, 0) is 20.2 Å². The van der Waals surface area contributed by atoms with Crippen LogP contribution in [0.2, 0.25) is 0 Å². The lowest BCUT2D eigenvalue weighted by Gasteiger charge is -2.36. The predicted molar refractivity (Wildman–Crippen MR) is 89.4 cm³/mol. The molecule has 1 aliphatic carbocycles. The van der Waals surface area contributed by atoms with Crippen LogP contribution in [0.25, 0.3) is 0 Å². The first-order chi connectivity index (χ1) is 12.2. The number of hydrogen-bond donors (Lipinski definition) is 3. The van der Waals surface area contributed by atoms with E-state index in [2.05, 4.69) is 10.0 Å². The zero-order chi connectivity index (χ0) is 18.7. The Morgan fingerprint density at radius 3 is 2.50 bits per heavy atom. The van der Waals surface area contributed by atoms with E-state index in [4.69, 9.17) is 0 Å². The first kappa shape index (κ1) is 16.8. The van der Waals surface area contributed by atoms with Crippen molar-refractivity contribution in [1.82, 2.24) is 0 Å². The van der Waals surface area contributed by atoms with Gasteiger partial charge in [0.2, 0.25) is 5.91 Å². The van der Waals surface area contributed by atoms with Crippen LogP contribution in [0.1, 0.15) is 24.8 Å². The molecule has 26 heavy (non-hydrogen) atoms. The van der Waals surface area contributed by atoms with Crippen LogP contribution in [0.5, 0.6) is 5.75 Å². The third-order valence-electron chi connectivity index (χ3n) is 4.95. The number of anilines is 2. The van der Waals surface area contributed by atoms with Crippen LogP contribution >= 0.6 is 0 Å². The number of nitrogens with one attached hydrogen (secondary N) is 2. The molecule has 0 radical (unpaired) electrons. The number of phenols is 1. The highest BCUT2D eigenvalue weighted by Crippen LogP contribution is 2.54. The normalized spacial score (nSPS) is 17.5. The number of hydrogen-bond acceptors (Lipinski definition) is 4. The molecule has 0 bridgehead atoms. The Bertz CT molecular complexity index is 1050. The van der Waals surface area contributed by atoms with Crippen LogP contribution in [0.15, 0.2) is 35.2 Å². The van der Waals surface area contributed by atoms with Gasteiger partial charge in [-0.15, -0.1) is 0 Å². The maximum atomic E-state index is 13.8. The molecular formula is C17H14F2N2O4S. The molecule has 136 valence electrons. The van der Waals surface area contributed by atoms with E-state index in [-0.39, 0.29) is 23.0 Å². The van der Waals surface area contributed by atoms with Crippen molar-refractivity contribution in [2.45, 2.75) is 29.6 Å². The third kappa shape index (κ3) is 2.34. The average Bonchev–Trinajstić information content (AvgIpc) is 2.79. The lowest BCUT2D eigenvalue weighted by molar-refractivity contribution is -0.123. The fraction of sp³-hybridized carbons (Fsp3) is 0.235. The smallest absolute Gasteiger partial charge is 0.264 e. The van der Waals surface area contributed by atoms with Crippen molar-refractivity contribution in [3.8, 4) is 5.75 Å². The van der Waals surface area contributed by atoms with Gasteiger partial charge in [-0.3, -0.25) is 9.52 Å². The molecule has 1 fully saturated rings. The van der Waals surface area contributed by atoms with E-state index in [1.807, 2.05) is 0 Å². The molecule has 0 atom stereocenters. The fourth-order valence-electron chi connectivity index (χ4n) is 3.48. The quantitative estimate of drug-likeness (QED) is 0.714. The highest BCUT2D eigenvalue weighted by molar-refractivity contribution is 7.92. The summed E-state index contributed by atoms with van der Waals surface area (Å²) in [5, 5.41) is 12.8. The molecule has 2 aliphatic rings. The van der Waals surface area contributed by atoms with Gasteiger partial charge in [0.05, 0.1) is 16.8 Å². The average molecular weight is 380 g/mol. The van der Waals surface area contributed by atoms with E-state index in [1.54, 1.807) is 0 Å². The molecular weight excluding hydrogens is 366 g/mol. The van der Waals surface area contributed by atoms with E-state index < -0.39 is 32.0 Å². The molecule has 6 nitrogen and oxygen atoms in total. The van der Waals surface area contributed by atoms with E-state index >= 15 is 0 Å². The highest BCUT2D eigenvalue weighted by atomic mass is 32.2. The minimum atomic E-state index is -4.34. The first-order valence-electron chi connectivity index (χ1n) is 7.90. The van der Waals surface area contributed by atoms with Crippen molar-refractivity contribution in [3.05, 3.63) is 47.5 Å². The Balaban J connectivity index is 1.74.